The zero-order valence-electron chi connectivity index (χ0n) is 19.0. The second-order valence-corrected chi connectivity index (χ2v) is 8.80. The third kappa shape index (κ3) is 3.42. The summed E-state index contributed by atoms with van der Waals surface area (Å²) in [5.74, 6) is 1.29. The Bertz CT molecular complexity index is 1360. The van der Waals surface area contributed by atoms with Crippen molar-refractivity contribution in [3.05, 3.63) is 41.3 Å². The van der Waals surface area contributed by atoms with E-state index >= 15 is 0 Å². The van der Waals surface area contributed by atoms with Crippen molar-refractivity contribution in [2.45, 2.75) is 39.8 Å². The number of piperazine rings is 1. The highest BCUT2D eigenvalue weighted by atomic mass is 15.3. The summed E-state index contributed by atoms with van der Waals surface area (Å²) < 4.78 is 3.64. The minimum Gasteiger partial charge on any atom is -0.368 e. The highest BCUT2D eigenvalue weighted by Gasteiger charge is 2.24. The topological polar surface area (TPSA) is 99.1 Å². The molecule has 3 aromatic heterocycles. The van der Waals surface area contributed by atoms with Crippen LogP contribution in [0.4, 0.5) is 17.3 Å². The average molecular weight is 430 g/mol. The van der Waals surface area contributed by atoms with E-state index in [1.54, 1.807) is 0 Å². The highest BCUT2D eigenvalue weighted by molar-refractivity contribution is 5.98. The smallest absolute Gasteiger partial charge is 0.162 e. The molecule has 9 nitrogen and oxygen atoms in total. The zero-order valence-corrected chi connectivity index (χ0v) is 19.0. The monoisotopic (exact) mass is 429 g/mol. The normalized spacial score (nSPS) is 18.9. The number of nitriles is 1. The summed E-state index contributed by atoms with van der Waals surface area (Å²) in [6.07, 6.45) is 1.90. The lowest BCUT2D eigenvalue weighted by molar-refractivity contribution is 0.407. The van der Waals surface area contributed by atoms with Crippen LogP contribution in [-0.4, -0.2) is 49.6 Å². The number of aryl methyl sites for hydroxylation is 3. The van der Waals surface area contributed by atoms with Crippen LogP contribution in [0.15, 0.2) is 24.4 Å². The Morgan fingerprint density at radius 1 is 1.09 bits per heavy atom. The van der Waals surface area contributed by atoms with Crippen molar-refractivity contribution in [1.82, 2.24) is 29.7 Å². The molecule has 164 valence electrons. The number of nitrogens with zero attached hydrogens (tertiary/aromatic N) is 7. The fraction of sp³-hybridized carbons (Fsp3) is 0.391. The third-order valence-corrected chi connectivity index (χ3v) is 5.99. The van der Waals surface area contributed by atoms with E-state index in [9.17, 15) is 5.26 Å². The van der Waals surface area contributed by atoms with E-state index in [0.717, 1.165) is 46.6 Å². The van der Waals surface area contributed by atoms with Gasteiger partial charge in [-0.1, -0.05) is 0 Å². The van der Waals surface area contributed by atoms with Gasteiger partial charge in [0.05, 0.1) is 39.6 Å². The van der Waals surface area contributed by atoms with Gasteiger partial charge in [0.15, 0.2) is 11.6 Å². The first kappa shape index (κ1) is 20.3. The minimum atomic E-state index is 0.389. The van der Waals surface area contributed by atoms with Crippen LogP contribution >= 0.6 is 0 Å². The first-order valence-corrected chi connectivity index (χ1v) is 10.8. The van der Waals surface area contributed by atoms with Gasteiger partial charge >= 0.3 is 0 Å². The van der Waals surface area contributed by atoms with Gasteiger partial charge in [-0.05, 0) is 39.8 Å². The number of aromatic nitrogens is 5. The molecular formula is C23H27N9. The molecule has 0 bridgehead atoms. The van der Waals surface area contributed by atoms with Gasteiger partial charge in [0.2, 0.25) is 0 Å². The van der Waals surface area contributed by atoms with Crippen molar-refractivity contribution >= 4 is 33.7 Å². The van der Waals surface area contributed by atoms with Crippen LogP contribution in [0.25, 0.3) is 16.4 Å². The van der Waals surface area contributed by atoms with E-state index in [1.165, 1.54) is 0 Å². The maximum absolute atomic E-state index is 9.97. The van der Waals surface area contributed by atoms with Crippen molar-refractivity contribution < 1.29 is 0 Å². The molecule has 2 atom stereocenters. The summed E-state index contributed by atoms with van der Waals surface area (Å²) in [5.41, 5.74) is 5.32. The number of benzene rings is 1. The number of nitrogens with one attached hydrogen (secondary N) is 2. The van der Waals surface area contributed by atoms with Crippen LogP contribution in [0.3, 0.4) is 0 Å². The Morgan fingerprint density at radius 3 is 2.56 bits per heavy atom. The SMILES string of the molecule is Cc1cn2nc(Nc3nn(C)c4cc(N5C[C@@H](C)N[C@@H](C)C5)cc(C#N)c34)cc2c(C)n1. The van der Waals surface area contributed by atoms with Crippen LogP contribution in [0.2, 0.25) is 0 Å². The van der Waals surface area contributed by atoms with Crippen LogP contribution in [0.5, 0.6) is 0 Å². The zero-order chi connectivity index (χ0) is 22.6. The van der Waals surface area contributed by atoms with Crippen molar-refractivity contribution in [1.29, 1.82) is 5.26 Å². The number of rotatable bonds is 3. The molecule has 1 saturated heterocycles. The van der Waals surface area contributed by atoms with Crippen LogP contribution < -0.4 is 15.5 Å². The molecular weight excluding hydrogens is 402 g/mol. The predicted molar refractivity (Wildman–Crippen MR) is 125 cm³/mol. The summed E-state index contributed by atoms with van der Waals surface area (Å²) in [6.45, 7) is 10.1. The van der Waals surface area contributed by atoms with E-state index in [0.29, 0.717) is 29.3 Å². The van der Waals surface area contributed by atoms with Crippen LogP contribution in [0.1, 0.15) is 30.8 Å². The van der Waals surface area contributed by atoms with Gasteiger partial charge in [-0.2, -0.15) is 10.4 Å². The Kier molecular flexibility index (Phi) is 4.75. The molecule has 5 rings (SSSR count). The van der Waals surface area contributed by atoms with Gasteiger partial charge < -0.3 is 15.5 Å². The Hall–Kier alpha value is -3.64. The van der Waals surface area contributed by atoms with Crippen molar-refractivity contribution in [3.8, 4) is 6.07 Å². The maximum atomic E-state index is 9.97. The number of fused-ring (bicyclic) bond motifs is 2. The largest absolute Gasteiger partial charge is 0.368 e. The first-order chi connectivity index (χ1) is 15.3. The van der Waals surface area contributed by atoms with Crippen LogP contribution in [0, 0.1) is 25.2 Å². The van der Waals surface area contributed by atoms with E-state index in [2.05, 4.69) is 56.7 Å². The number of hydrogen-bond donors (Lipinski definition) is 2. The lowest BCUT2D eigenvalue weighted by Gasteiger charge is -2.37. The Morgan fingerprint density at radius 2 is 1.84 bits per heavy atom. The molecule has 1 aliphatic heterocycles. The second-order valence-electron chi connectivity index (χ2n) is 8.80. The minimum absolute atomic E-state index is 0.389. The Balaban J connectivity index is 1.57. The lowest BCUT2D eigenvalue weighted by Crippen LogP contribution is -2.54. The summed E-state index contributed by atoms with van der Waals surface area (Å²) in [7, 11) is 1.91. The molecule has 0 radical (unpaired) electrons. The van der Waals surface area contributed by atoms with Gasteiger partial charge in [-0.15, -0.1) is 5.10 Å². The van der Waals surface area contributed by atoms with Crippen molar-refractivity contribution in [2.24, 2.45) is 7.05 Å². The van der Waals surface area contributed by atoms with E-state index in [1.807, 2.05) is 48.4 Å². The van der Waals surface area contributed by atoms with E-state index in [4.69, 9.17) is 0 Å². The molecule has 0 aliphatic carbocycles. The maximum Gasteiger partial charge on any atom is 0.162 e. The van der Waals surface area contributed by atoms with Gasteiger partial charge in [0.25, 0.3) is 0 Å². The molecule has 0 unspecified atom stereocenters. The molecule has 4 heterocycles. The second kappa shape index (κ2) is 7.50. The summed E-state index contributed by atoms with van der Waals surface area (Å²) >= 11 is 0. The molecule has 9 heteroatoms. The predicted octanol–water partition coefficient (Wildman–Crippen LogP) is 3.03. The lowest BCUT2D eigenvalue weighted by atomic mass is 10.1. The molecule has 1 aliphatic rings. The van der Waals surface area contributed by atoms with Crippen molar-refractivity contribution in [2.75, 3.05) is 23.3 Å². The quantitative estimate of drug-likeness (QED) is 0.516. The van der Waals surface area contributed by atoms with Gasteiger partial charge in [0.1, 0.15) is 6.07 Å². The molecule has 2 N–H and O–H groups in total. The number of hydrogen-bond acceptors (Lipinski definition) is 7. The summed E-state index contributed by atoms with van der Waals surface area (Å²) in [4.78, 5) is 6.85. The average Bonchev–Trinajstić information content (AvgIpc) is 3.27. The highest BCUT2D eigenvalue weighted by Crippen LogP contribution is 2.33. The van der Waals surface area contributed by atoms with Crippen LogP contribution in [-0.2, 0) is 7.05 Å². The van der Waals surface area contributed by atoms with Crippen molar-refractivity contribution in [3.63, 3.8) is 0 Å². The van der Waals surface area contributed by atoms with Gasteiger partial charge in [0, 0.05) is 44.0 Å². The molecule has 32 heavy (non-hydrogen) atoms. The fourth-order valence-electron chi connectivity index (χ4n) is 4.74. The first-order valence-electron chi connectivity index (χ1n) is 10.8. The summed E-state index contributed by atoms with van der Waals surface area (Å²) in [5, 5.41) is 27.0. The Labute approximate surface area is 186 Å². The molecule has 4 aromatic rings. The van der Waals surface area contributed by atoms with Gasteiger partial charge in [-0.25, -0.2) is 4.52 Å². The van der Waals surface area contributed by atoms with E-state index < -0.39 is 0 Å². The third-order valence-electron chi connectivity index (χ3n) is 5.99. The summed E-state index contributed by atoms with van der Waals surface area (Å²) in [6, 6.07) is 9.21. The fourth-order valence-corrected chi connectivity index (χ4v) is 4.74. The van der Waals surface area contributed by atoms with E-state index in [-0.39, 0.29) is 0 Å². The number of anilines is 3. The van der Waals surface area contributed by atoms with Gasteiger partial charge in [-0.3, -0.25) is 9.67 Å². The molecule has 0 saturated carbocycles. The molecule has 0 spiro atoms. The molecule has 1 aromatic carbocycles. The standard InChI is InChI=1S/C23H27N9/c1-13-10-31(11-14(2)25-13)18-6-17(9-24)22-20(7-18)30(5)29-23(22)27-21-8-19-16(4)26-15(3)12-32(19)28-21/h6-8,12-14,25H,10-11H2,1-5H3,(H,27,28,29)/t13-,14+. The molecule has 1 fully saturated rings. The molecule has 0 amide bonds.